The van der Waals surface area contributed by atoms with Crippen LogP contribution in [0.2, 0.25) is 5.02 Å². The van der Waals surface area contributed by atoms with Gasteiger partial charge in [0.15, 0.2) is 0 Å². The summed E-state index contributed by atoms with van der Waals surface area (Å²) in [6, 6.07) is 11.5. The molecule has 0 radical (unpaired) electrons. The molecule has 0 saturated carbocycles. The van der Waals surface area contributed by atoms with Crippen molar-refractivity contribution in [2.24, 2.45) is 0 Å². The third kappa shape index (κ3) is 5.39. The molecular formula is C18H19ClN2O4. The second-order valence-corrected chi connectivity index (χ2v) is 5.61. The van der Waals surface area contributed by atoms with Gasteiger partial charge in [-0.2, -0.15) is 0 Å². The van der Waals surface area contributed by atoms with Gasteiger partial charge in [-0.25, -0.2) is 9.59 Å². The molecule has 2 amide bonds. The molecule has 0 aromatic heterocycles. The van der Waals surface area contributed by atoms with Gasteiger partial charge >= 0.3 is 12.0 Å². The highest BCUT2D eigenvalue weighted by Gasteiger charge is 2.12. The van der Waals surface area contributed by atoms with E-state index in [1.807, 2.05) is 6.92 Å². The number of para-hydroxylation sites is 1. The molecule has 0 unspecified atom stereocenters. The van der Waals surface area contributed by atoms with Crippen molar-refractivity contribution < 1.29 is 19.1 Å². The summed E-state index contributed by atoms with van der Waals surface area (Å²) in [5.41, 5.74) is 1.58. The van der Waals surface area contributed by atoms with Crippen LogP contribution in [0.1, 0.15) is 15.9 Å². The molecule has 132 valence electrons. The minimum absolute atomic E-state index is 0.285. The van der Waals surface area contributed by atoms with Gasteiger partial charge in [0.05, 0.1) is 24.9 Å². The van der Waals surface area contributed by atoms with E-state index in [0.29, 0.717) is 29.6 Å². The predicted octanol–water partition coefficient (Wildman–Crippen LogP) is 3.64. The number of amides is 2. The van der Waals surface area contributed by atoms with Crippen molar-refractivity contribution in [3.05, 3.63) is 58.6 Å². The summed E-state index contributed by atoms with van der Waals surface area (Å²) in [5, 5.41) is 5.93. The Bertz CT molecular complexity index is 764. The topological polar surface area (TPSA) is 76.7 Å². The first-order valence-electron chi connectivity index (χ1n) is 7.62. The molecule has 2 N–H and O–H groups in total. The third-order valence-corrected chi connectivity index (χ3v) is 3.60. The van der Waals surface area contributed by atoms with Crippen LogP contribution in [0.25, 0.3) is 0 Å². The number of aryl methyl sites for hydroxylation is 1. The monoisotopic (exact) mass is 362 g/mol. The molecule has 0 spiro atoms. The fraction of sp³-hybridized carbons (Fsp3) is 0.222. The predicted molar refractivity (Wildman–Crippen MR) is 96.5 cm³/mol. The molecule has 0 bridgehead atoms. The molecule has 2 rings (SSSR count). The summed E-state index contributed by atoms with van der Waals surface area (Å²) in [4.78, 5) is 23.6. The Morgan fingerprint density at radius 1 is 1.16 bits per heavy atom. The van der Waals surface area contributed by atoms with Crippen molar-refractivity contribution in [2.75, 3.05) is 25.6 Å². The van der Waals surface area contributed by atoms with Gasteiger partial charge in [-0.1, -0.05) is 23.7 Å². The number of methoxy groups -OCH3 is 1. The fourth-order valence-corrected chi connectivity index (χ4v) is 2.37. The van der Waals surface area contributed by atoms with Crippen LogP contribution < -0.4 is 15.4 Å². The van der Waals surface area contributed by atoms with Gasteiger partial charge in [-0.3, -0.25) is 0 Å². The van der Waals surface area contributed by atoms with E-state index in [1.54, 1.807) is 42.5 Å². The fourth-order valence-electron chi connectivity index (χ4n) is 2.15. The molecule has 0 heterocycles. The lowest BCUT2D eigenvalue weighted by Gasteiger charge is -2.12. The number of nitrogens with one attached hydrogen (secondary N) is 2. The van der Waals surface area contributed by atoms with Crippen LogP contribution in [0.5, 0.6) is 5.75 Å². The zero-order chi connectivity index (χ0) is 18.2. The van der Waals surface area contributed by atoms with E-state index in [0.717, 1.165) is 5.56 Å². The number of hydrogen-bond donors (Lipinski definition) is 2. The zero-order valence-corrected chi connectivity index (χ0v) is 14.7. The number of anilines is 1. The lowest BCUT2D eigenvalue weighted by molar-refractivity contribution is 0.0602. The first-order valence-corrected chi connectivity index (χ1v) is 8.00. The SMILES string of the molecule is COC(=O)c1ccccc1NC(=O)NCCOc1ccc(Cl)cc1C. The van der Waals surface area contributed by atoms with E-state index in [4.69, 9.17) is 16.3 Å². The van der Waals surface area contributed by atoms with Crippen molar-refractivity contribution in [1.29, 1.82) is 0 Å². The average molecular weight is 363 g/mol. The number of carbonyl (C=O) groups excluding carboxylic acids is 2. The molecular weight excluding hydrogens is 344 g/mol. The highest BCUT2D eigenvalue weighted by molar-refractivity contribution is 6.30. The van der Waals surface area contributed by atoms with Crippen LogP contribution in [0, 0.1) is 6.92 Å². The van der Waals surface area contributed by atoms with E-state index < -0.39 is 12.0 Å². The summed E-state index contributed by atoms with van der Waals surface area (Å²) in [5.74, 6) is 0.195. The van der Waals surface area contributed by atoms with E-state index in [-0.39, 0.29) is 5.56 Å². The lowest BCUT2D eigenvalue weighted by atomic mass is 10.2. The molecule has 0 aliphatic rings. The largest absolute Gasteiger partial charge is 0.491 e. The number of rotatable bonds is 6. The number of hydrogen-bond acceptors (Lipinski definition) is 4. The normalized spacial score (nSPS) is 10.0. The van der Waals surface area contributed by atoms with Crippen molar-refractivity contribution in [3.8, 4) is 5.75 Å². The second kappa shape index (κ2) is 8.94. The number of urea groups is 1. The smallest absolute Gasteiger partial charge is 0.339 e. The molecule has 7 heteroatoms. The Balaban J connectivity index is 1.82. The number of benzene rings is 2. The molecule has 0 aliphatic carbocycles. The van der Waals surface area contributed by atoms with Crippen LogP contribution >= 0.6 is 11.6 Å². The van der Waals surface area contributed by atoms with Gasteiger partial charge in [-0.15, -0.1) is 0 Å². The highest BCUT2D eigenvalue weighted by Crippen LogP contribution is 2.21. The maximum Gasteiger partial charge on any atom is 0.339 e. The quantitative estimate of drug-likeness (QED) is 0.607. The first kappa shape index (κ1) is 18.6. The Kier molecular flexibility index (Phi) is 6.65. The maximum atomic E-state index is 12.0. The van der Waals surface area contributed by atoms with Crippen LogP contribution in [0.15, 0.2) is 42.5 Å². The molecule has 0 fully saturated rings. The van der Waals surface area contributed by atoms with Crippen LogP contribution in [-0.2, 0) is 4.74 Å². The van der Waals surface area contributed by atoms with Crippen LogP contribution in [0.3, 0.4) is 0 Å². The van der Waals surface area contributed by atoms with Gasteiger partial charge < -0.3 is 20.1 Å². The lowest BCUT2D eigenvalue weighted by Crippen LogP contribution is -2.32. The Morgan fingerprint density at radius 3 is 2.64 bits per heavy atom. The number of ether oxygens (including phenoxy) is 2. The zero-order valence-electron chi connectivity index (χ0n) is 14.0. The molecule has 0 atom stereocenters. The van der Waals surface area contributed by atoms with Gasteiger partial charge in [0.1, 0.15) is 12.4 Å². The first-order chi connectivity index (χ1) is 12.0. The Labute approximate surface area is 151 Å². The van der Waals surface area contributed by atoms with Crippen LogP contribution in [0.4, 0.5) is 10.5 Å². The van der Waals surface area contributed by atoms with E-state index in [1.165, 1.54) is 7.11 Å². The van der Waals surface area contributed by atoms with Gasteiger partial charge in [0.2, 0.25) is 0 Å². The van der Waals surface area contributed by atoms with Crippen molar-refractivity contribution >= 4 is 29.3 Å². The molecule has 25 heavy (non-hydrogen) atoms. The Hall–Kier alpha value is -2.73. The summed E-state index contributed by atoms with van der Waals surface area (Å²) < 4.78 is 10.3. The van der Waals surface area contributed by atoms with Crippen molar-refractivity contribution in [2.45, 2.75) is 6.92 Å². The standard InChI is InChI=1S/C18H19ClN2O4/c1-12-11-13(19)7-8-16(12)25-10-9-20-18(23)21-15-6-4-3-5-14(15)17(22)24-2/h3-8,11H,9-10H2,1-2H3,(H2,20,21,23). The highest BCUT2D eigenvalue weighted by atomic mass is 35.5. The molecule has 2 aromatic rings. The minimum Gasteiger partial charge on any atom is -0.491 e. The number of carbonyl (C=O) groups is 2. The van der Waals surface area contributed by atoms with E-state index >= 15 is 0 Å². The van der Waals surface area contributed by atoms with E-state index in [2.05, 4.69) is 15.4 Å². The number of esters is 1. The molecule has 0 saturated heterocycles. The summed E-state index contributed by atoms with van der Waals surface area (Å²) in [6.07, 6.45) is 0. The van der Waals surface area contributed by atoms with Crippen LogP contribution in [-0.4, -0.2) is 32.3 Å². The third-order valence-electron chi connectivity index (χ3n) is 3.36. The molecule has 2 aromatic carbocycles. The van der Waals surface area contributed by atoms with E-state index in [9.17, 15) is 9.59 Å². The Morgan fingerprint density at radius 2 is 1.92 bits per heavy atom. The summed E-state index contributed by atoms with van der Waals surface area (Å²) in [7, 11) is 1.29. The van der Waals surface area contributed by atoms with Crippen molar-refractivity contribution in [3.63, 3.8) is 0 Å². The summed E-state index contributed by atoms with van der Waals surface area (Å²) >= 11 is 5.89. The van der Waals surface area contributed by atoms with Crippen molar-refractivity contribution in [1.82, 2.24) is 5.32 Å². The summed E-state index contributed by atoms with van der Waals surface area (Å²) in [6.45, 7) is 2.49. The molecule has 0 aliphatic heterocycles. The van der Waals surface area contributed by atoms with Gasteiger partial charge in [-0.05, 0) is 42.8 Å². The number of halogens is 1. The minimum atomic E-state index is -0.516. The van der Waals surface area contributed by atoms with Gasteiger partial charge in [0, 0.05) is 5.02 Å². The van der Waals surface area contributed by atoms with Gasteiger partial charge in [0.25, 0.3) is 0 Å². The second-order valence-electron chi connectivity index (χ2n) is 5.18. The molecule has 6 nitrogen and oxygen atoms in total. The average Bonchev–Trinajstić information content (AvgIpc) is 2.60. The maximum absolute atomic E-state index is 12.0.